The zero-order chi connectivity index (χ0) is 11.1. The van der Waals surface area contributed by atoms with E-state index in [0.717, 1.165) is 13.1 Å². The van der Waals surface area contributed by atoms with Crippen LogP contribution in [-0.4, -0.2) is 46.1 Å². The van der Waals surface area contributed by atoms with Crippen LogP contribution < -0.4 is 0 Å². The lowest BCUT2D eigenvalue weighted by molar-refractivity contribution is -0.127. The number of aliphatic hydroxyl groups is 1. The maximum atomic E-state index is 11.6. The van der Waals surface area contributed by atoms with E-state index >= 15 is 0 Å². The molecule has 0 aromatic rings. The molecule has 1 amide bonds. The Bertz CT molecular complexity index is 170. The average molecular weight is 219 g/mol. The summed E-state index contributed by atoms with van der Waals surface area (Å²) in [5.74, 6) is 0.626. The molecule has 0 aliphatic heterocycles. The molecule has 84 valence electrons. The molecule has 0 aliphatic rings. The maximum Gasteiger partial charge on any atom is 0.232 e. The highest BCUT2D eigenvalue weighted by Crippen LogP contribution is 2.14. The van der Waals surface area contributed by atoms with E-state index in [1.54, 1.807) is 6.92 Å². The summed E-state index contributed by atoms with van der Waals surface area (Å²) < 4.78 is 0. The van der Waals surface area contributed by atoms with Gasteiger partial charge in [0.2, 0.25) is 5.91 Å². The van der Waals surface area contributed by atoms with Gasteiger partial charge < -0.3 is 10.0 Å². The van der Waals surface area contributed by atoms with Gasteiger partial charge in [0.25, 0.3) is 0 Å². The van der Waals surface area contributed by atoms with Crippen LogP contribution >= 0.6 is 11.8 Å². The number of carbonyl (C=O) groups excluding carboxylic acids is 1. The summed E-state index contributed by atoms with van der Waals surface area (Å²) in [6.45, 7) is 9.16. The van der Waals surface area contributed by atoms with Crippen LogP contribution in [0.25, 0.3) is 0 Å². The van der Waals surface area contributed by atoms with Crippen molar-refractivity contribution < 1.29 is 9.90 Å². The summed E-state index contributed by atoms with van der Waals surface area (Å²) in [6.07, 6.45) is -0.357. The van der Waals surface area contributed by atoms with Crippen LogP contribution in [0.3, 0.4) is 0 Å². The second-order valence-corrected chi connectivity index (χ2v) is 4.69. The lowest BCUT2D eigenvalue weighted by Gasteiger charge is -2.20. The summed E-state index contributed by atoms with van der Waals surface area (Å²) in [6, 6.07) is 0. The number of thioether (sulfide) groups is 1. The minimum Gasteiger partial charge on any atom is -0.392 e. The number of carbonyl (C=O) groups is 1. The van der Waals surface area contributed by atoms with Crippen molar-refractivity contribution in [3.8, 4) is 0 Å². The largest absolute Gasteiger partial charge is 0.392 e. The van der Waals surface area contributed by atoms with Crippen LogP contribution in [0, 0.1) is 0 Å². The van der Waals surface area contributed by atoms with Crippen LogP contribution in [-0.2, 0) is 4.79 Å². The molecule has 0 aromatic carbocycles. The fraction of sp³-hybridized carbons (Fsp3) is 0.900. The fourth-order valence-electron chi connectivity index (χ4n) is 1.01. The van der Waals surface area contributed by atoms with Gasteiger partial charge in [0.05, 0.1) is 11.9 Å². The highest BCUT2D eigenvalue weighted by atomic mass is 32.2. The quantitative estimate of drug-likeness (QED) is 0.733. The number of nitrogens with zero attached hydrogens (tertiary/aromatic N) is 1. The fourth-order valence-corrected chi connectivity index (χ4v) is 1.88. The molecule has 2 unspecified atom stereocenters. The van der Waals surface area contributed by atoms with E-state index in [4.69, 9.17) is 0 Å². The van der Waals surface area contributed by atoms with Gasteiger partial charge in [-0.15, -0.1) is 11.8 Å². The number of aliphatic hydroxyl groups excluding tert-OH is 1. The van der Waals surface area contributed by atoms with Crippen LogP contribution in [0.1, 0.15) is 27.7 Å². The van der Waals surface area contributed by atoms with E-state index in [-0.39, 0.29) is 17.3 Å². The number of amides is 1. The van der Waals surface area contributed by atoms with Gasteiger partial charge in [-0.05, 0) is 20.8 Å². The van der Waals surface area contributed by atoms with E-state index in [1.807, 2.05) is 25.7 Å². The van der Waals surface area contributed by atoms with Crippen LogP contribution in [0.4, 0.5) is 0 Å². The molecule has 0 saturated heterocycles. The van der Waals surface area contributed by atoms with Crippen molar-refractivity contribution in [1.29, 1.82) is 0 Å². The van der Waals surface area contributed by atoms with Crippen LogP contribution in [0.5, 0.6) is 0 Å². The second kappa shape index (κ2) is 7.12. The van der Waals surface area contributed by atoms with Gasteiger partial charge in [0, 0.05) is 18.3 Å². The summed E-state index contributed by atoms with van der Waals surface area (Å²) in [4.78, 5) is 13.4. The minimum absolute atomic E-state index is 0.120. The predicted octanol–water partition coefficient (Wildman–Crippen LogP) is 1.36. The highest BCUT2D eigenvalue weighted by molar-refractivity contribution is 8.00. The van der Waals surface area contributed by atoms with Crippen molar-refractivity contribution in [2.45, 2.75) is 39.0 Å². The summed E-state index contributed by atoms with van der Waals surface area (Å²) in [5, 5.41) is 9.36. The first kappa shape index (κ1) is 13.8. The molecule has 0 aliphatic carbocycles. The van der Waals surface area contributed by atoms with E-state index in [9.17, 15) is 9.90 Å². The molecule has 14 heavy (non-hydrogen) atoms. The van der Waals surface area contributed by atoms with Gasteiger partial charge in [-0.3, -0.25) is 4.79 Å². The Hall–Kier alpha value is -0.220. The lowest BCUT2D eigenvalue weighted by atomic mass is 10.3. The lowest BCUT2D eigenvalue weighted by Crippen LogP contribution is -2.32. The molecule has 0 spiro atoms. The first-order valence-corrected chi connectivity index (χ1v) is 6.15. The Morgan fingerprint density at radius 1 is 1.36 bits per heavy atom. The topological polar surface area (TPSA) is 40.5 Å². The molecular formula is C10H21NO2S. The van der Waals surface area contributed by atoms with Crippen LogP contribution in [0.15, 0.2) is 0 Å². The molecule has 4 heteroatoms. The van der Waals surface area contributed by atoms with Crippen molar-refractivity contribution in [1.82, 2.24) is 4.90 Å². The molecule has 3 nitrogen and oxygen atoms in total. The van der Waals surface area contributed by atoms with Gasteiger partial charge >= 0.3 is 0 Å². The molecule has 0 fully saturated rings. The van der Waals surface area contributed by atoms with Gasteiger partial charge in [0.15, 0.2) is 0 Å². The van der Waals surface area contributed by atoms with Crippen molar-refractivity contribution in [2.75, 3.05) is 18.8 Å². The normalized spacial score (nSPS) is 14.9. The van der Waals surface area contributed by atoms with E-state index < -0.39 is 0 Å². The Morgan fingerprint density at radius 3 is 2.21 bits per heavy atom. The van der Waals surface area contributed by atoms with Gasteiger partial charge in [0.1, 0.15) is 0 Å². The number of rotatable bonds is 6. The monoisotopic (exact) mass is 219 g/mol. The average Bonchev–Trinajstić information content (AvgIpc) is 2.15. The van der Waals surface area contributed by atoms with Crippen molar-refractivity contribution in [3.05, 3.63) is 0 Å². The Kier molecular flexibility index (Phi) is 7.01. The highest BCUT2D eigenvalue weighted by Gasteiger charge is 2.14. The first-order chi connectivity index (χ1) is 6.52. The molecule has 0 radical (unpaired) electrons. The zero-order valence-corrected chi connectivity index (χ0v) is 10.3. The maximum absolute atomic E-state index is 11.6. The third-order valence-electron chi connectivity index (χ3n) is 2.27. The predicted molar refractivity (Wildman–Crippen MR) is 61.5 cm³/mol. The third-order valence-corrected chi connectivity index (χ3v) is 3.60. The standard InChI is InChI=1S/C10H21NO2S/c1-5-11(6-2)10(13)7-14-9(4)8(3)12/h8-9,12H,5-7H2,1-4H3. The molecule has 0 rings (SSSR count). The molecule has 0 heterocycles. The Balaban J connectivity index is 3.83. The van der Waals surface area contributed by atoms with E-state index in [1.165, 1.54) is 11.8 Å². The molecule has 0 saturated carbocycles. The third kappa shape index (κ3) is 4.86. The Labute approximate surface area is 90.9 Å². The molecule has 2 atom stereocenters. The summed E-state index contributed by atoms with van der Waals surface area (Å²) >= 11 is 1.51. The second-order valence-electron chi connectivity index (χ2n) is 3.32. The van der Waals surface area contributed by atoms with Crippen LogP contribution in [0.2, 0.25) is 0 Å². The van der Waals surface area contributed by atoms with Crippen molar-refractivity contribution in [2.24, 2.45) is 0 Å². The minimum atomic E-state index is -0.357. The molecule has 0 aromatic heterocycles. The van der Waals surface area contributed by atoms with E-state index in [2.05, 4.69) is 0 Å². The van der Waals surface area contributed by atoms with Crippen molar-refractivity contribution in [3.63, 3.8) is 0 Å². The number of hydrogen-bond donors (Lipinski definition) is 1. The smallest absolute Gasteiger partial charge is 0.232 e. The van der Waals surface area contributed by atoms with Gasteiger partial charge in [-0.1, -0.05) is 6.92 Å². The summed E-state index contributed by atoms with van der Waals surface area (Å²) in [7, 11) is 0. The molecule has 0 bridgehead atoms. The summed E-state index contributed by atoms with van der Waals surface area (Å²) in [5.41, 5.74) is 0. The van der Waals surface area contributed by atoms with Gasteiger partial charge in [-0.25, -0.2) is 0 Å². The molecule has 1 N–H and O–H groups in total. The van der Waals surface area contributed by atoms with E-state index in [0.29, 0.717) is 5.75 Å². The molecular weight excluding hydrogens is 198 g/mol. The SMILES string of the molecule is CCN(CC)C(=O)CSC(C)C(C)O. The van der Waals surface area contributed by atoms with Crippen molar-refractivity contribution >= 4 is 17.7 Å². The Morgan fingerprint density at radius 2 is 1.86 bits per heavy atom. The first-order valence-electron chi connectivity index (χ1n) is 5.10. The zero-order valence-electron chi connectivity index (χ0n) is 9.49. The van der Waals surface area contributed by atoms with Gasteiger partial charge in [-0.2, -0.15) is 0 Å². The number of hydrogen-bond acceptors (Lipinski definition) is 3.